The Hall–Kier alpha value is -3.25. The number of hydrogen-bond acceptors (Lipinski definition) is 4. The van der Waals surface area contributed by atoms with Crippen LogP contribution in [0.25, 0.3) is 22.2 Å². The fourth-order valence-corrected chi connectivity index (χ4v) is 3.92. The van der Waals surface area contributed by atoms with Gasteiger partial charge in [-0.05, 0) is 75.6 Å². The number of hydrogen-bond donors (Lipinski definition) is 0. The van der Waals surface area contributed by atoms with Gasteiger partial charge in [0.15, 0.2) is 0 Å². The molecule has 3 aromatic heterocycles. The largest absolute Gasteiger partial charge is 0.381 e. The SMILES string of the molecule is Cc1cc2c(-c3ccc(F)cc3F)nc(C3CCOCC3)cc2nc1C.Cc1ccccn1. The van der Waals surface area contributed by atoms with Crippen molar-refractivity contribution in [2.24, 2.45) is 0 Å². The van der Waals surface area contributed by atoms with Crippen molar-refractivity contribution in [3.8, 4) is 11.3 Å². The van der Waals surface area contributed by atoms with Crippen molar-refractivity contribution in [1.29, 1.82) is 0 Å². The maximum Gasteiger partial charge on any atom is 0.135 e. The van der Waals surface area contributed by atoms with Crippen LogP contribution in [0.3, 0.4) is 0 Å². The van der Waals surface area contributed by atoms with Crippen LogP contribution in [0.2, 0.25) is 0 Å². The highest BCUT2D eigenvalue weighted by Crippen LogP contribution is 2.34. The molecule has 1 aliphatic heterocycles. The first-order valence-electron chi connectivity index (χ1n) is 11.1. The van der Waals surface area contributed by atoms with Crippen LogP contribution in [-0.2, 0) is 4.74 Å². The minimum atomic E-state index is -0.610. The summed E-state index contributed by atoms with van der Waals surface area (Å²) in [4.78, 5) is 13.5. The molecule has 0 N–H and O–H groups in total. The van der Waals surface area contributed by atoms with Crippen LogP contribution in [0.15, 0.2) is 54.7 Å². The number of nitrogens with zero attached hydrogens (tertiary/aromatic N) is 3. The van der Waals surface area contributed by atoms with Crippen LogP contribution in [-0.4, -0.2) is 28.2 Å². The monoisotopic (exact) mass is 447 g/mol. The second-order valence-corrected chi connectivity index (χ2v) is 8.34. The quantitative estimate of drug-likeness (QED) is 0.353. The minimum Gasteiger partial charge on any atom is -0.381 e. The molecule has 170 valence electrons. The molecule has 4 aromatic rings. The van der Waals surface area contributed by atoms with E-state index in [0.29, 0.717) is 24.5 Å². The zero-order chi connectivity index (χ0) is 23.4. The molecular weight excluding hydrogens is 420 g/mol. The van der Waals surface area contributed by atoms with Gasteiger partial charge >= 0.3 is 0 Å². The van der Waals surface area contributed by atoms with Gasteiger partial charge in [0.2, 0.25) is 0 Å². The molecule has 4 heterocycles. The van der Waals surface area contributed by atoms with Crippen molar-refractivity contribution in [3.05, 3.63) is 89.0 Å². The Balaban J connectivity index is 0.000000318. The summed E-state index contributed by atoms with van der Waals surface area (Å²) in [6.07, 6.45) is 3.55. The molecule has 1 aromatic carbocycles. The molecule has 0 bridgehead atoms. The van der Waals surface area contributed by atoms with Crippen LogP contribution in [0.4, 0.5) is 8.78 Å². The summed E-state index contributed by atoms with van der Waals surface area (Å²) < 4.78 is 33.3. The molecule has 0 amide bonds. The molecule has 0 unspecified atom stereocenters. The lowest BCUT2D eigenvalue weighted by Crippen LogP contribution is -2.15. The van der Waals surface area contributed by atoms with E-state index >= 15 is 0 Å². The molecule has 0 radical (unpaired) electrons. The van der Waals surface area contributed by atoms with Crippen molar-refractivity contribution in [2.45, 2.75) is 39.5 Å². The van der Waals surface area contributed by atoms with E-state index in [9.17, 15) is 8.78 Å². The van der Waals surface area contributed by atoms with E-state index in [1.54, 1.807) is 6.20 Å². The third-order valence-corrected chi connectivity index (χ3v) is 5.91. The molecule has 33 heavy (non-hydrogen) atoms. The number of aromatic nitrogens is 3. The summed E-state index contributed by atoms with van der Waals surface area (Å²) in [5.41, 5.74) is 5.54. The molecule has 1 aliphatic rings. The molecule has 4 nitrogen and oxygen atoms in total. The first kappa shape index (κ1) is 22.9. The van der Waals surface area contributed by atoms with Crippen molar-refractivity contribution < 1.29 is 13.5 Å². The lowest BCUT2D eigenvalue weighted by atomic mass is 9.94. The summed E-state index contributed by atoms with van der Waals surface area (Å²) in [5.74, 6) is -0.943. The highest BCUT2D eigenvalue weighted by Gasteiger charge is 2.21. The number of pyridine rings is 3. The summed E-state index contributed by atoms with van der Waals surface area (Å²) in [5, 5.41) is 0.786. The van der Waals surface area contributed by atoms with Gasteiger partial charge in [0.25, 0.3) is 0 Å². The highest BCUT2D eigenvalue weighted by atomic mass is 19.1. The van der Waals surface area contributed by atoms with Crippen LogP contribution < -0.4 is 0 Å². The van der Waals surface area contributed by atoms with Gasteiger partial charge in [0, 0.05) is 59.4 Å². The molecule has 0 atom stereocenters. The van der Waals surface area contributed by atoms with Crippen molar-refractivity contribution >= 4 is 10.9 Å². The molecule has 1 fully saturated rings. The van der Waals surface area contributed by atoms with E-state index in [4.69, 9.17) is 14.7 Å². The Morgan fingerprint density at radius 2 is 1.70 bits per heavy atom. The Bertz CT molecular complexity index is 1260. The zero-order valence-electron chi connectivity index (χ0n) is 19.1. The highest BCUT2D eigenvalue weighted by molar-refractivity contribution is 5.93. The van der Waals surface area contributed by atoms with Crippen molar-refractivity contribution in [3.63, 3.8) is 0 Å². The van der Waals surface area contributed by atoms with Gasteiger partial charge in [-0.1, -0.05) is 6.07 Å². The third kappa shape index (κ3) is 5.40. The van der Waals surface area contributed by atoms with Gasteiger partial charge in [-0.2, -0.15) is 0 Å². The zero-order valence-corrected chi connectivity index (χ0v) is 19.1. The van der Waals surface area contributed by atoms with Gasteiger partial charge in [-0.25, -0.2) is 8.78 Å². The minimum absolute atomic E-state index is 0.263. The molecule has 0 spiro atoms. The molecule has 1 saturated heterocycles. The number of rotatable bonds is 2. The predicted octanol–water partition coefficient (Wildman–Crippen LogP) is 6.48. The lowest BCUT2D eigenvalue weighted by molar-refractivity contribution is 0.0845. The summed E-state index contributed by atoms with van der Waals surface area (Å²) >= 11 is 0. The van der Waals surface area contributed by atoms with Gasteiger partial charge < -0.3 is 4.74 Å². The van der Waals surface area contributed by atoms with Gasteiger partial charge in [-0.15, -0.1) is 0 Å². The average Bonchev–Trinajstić information content (AvgIpc) is 2.81. The van der Waals surface area contributed by atoms with Crippen LogP contribution in [0.5, 0.6) is 0 Å². The maximum absolute atomic E-state index is 14.5. The predicted molar refractivity (Wildman–Crippen MR) is 126 cm³/mol. The molecule has 5 rings (SSSR count). The summed E-state index contributed by atoms with van der Waals surface area (Å²) in [6.45, 7) is 7.30. The first-order valence-corrected chi connectivity index (χ1v) is 11.1. The normalized spacial score (nSPS) is 14.1. The van der Waals surface area contributed by atoms with E-state index in [1.165, 1.54) is 12.1 Å². The van der Waals surface area contributed by atoms with E-state index in [-0.39, 0.29) is 5.92 Å². The van der Waals surface area contributed by atoms with Gasteiger partial charge in [0.1, 0.15) is 11.6 Å². The summed E-state index contributed by atoms with van der Waals surface area (Å²) in [7, 11) is 0. The van der Waals surface area contributed by atoms with Crippen LogP contribution in [0.1, 0.15) is 41.4 Å². The molecule has 0 aliphatic carbocycles. The second-order valence-electron chi connectivity index (χ2n) is 8.34. The van der Waals surface area contributed by atoms with Gasteiger partial charge in [0.05, 0.1) is 11.2 Å². The Kier molecular flexibility index (Phi) is 7.04. The Morgan fingerprint density at radius 1 is 0.909 bits per heavy atom. The third-order valence-electron chi connectivity index (χ3n) is 5.91. The standard InChI is InChI=1S/C21H20F2N2O.C6H7N/c1-12-9-17-20(24-13(12)2)11-19(14-5-7-26-8-6-14)25-21(17)16-4-3-15(22)10-18(16)23;1-6-4-2-3-5-7-6/h3-4,9-11,14H,5-8H2,1-2H3;2-5H,1H3. The lowest BCUT2D eigenvalue weighted by Gasteiger charge is -2.23. The maximum atomic E-state index is 14.5. The fourth-order valence-electron chi connectivity index (χ4n) is 3.92. The Morgan fingerprint density at radius 3 is 2.33 bits per heavy atom. The number of ether oxygens (including phenoxy) is 1. The molecular formula is C27H27F2N3O. The smallest absolute Gasteiger partial charge is 0.135 e. The van der Waals surface area contributed by atoms with E-state index < -0.39 is 11.6 Å². The number of halogens is 2. The molecule has 6 heteroatoms. The summed E-state index contributed by atoms with van der Waals surface area (Å²) in [6, 6.07) is 13.5. The number of fused-ring (bicyclic) bond motifs is 1. The van der Waals surface area contributed by atoms with E-state index in [0.717, 1.165) is 52.5 Å². The van der Waals surface area contributed by atoms with Crippen molar-refractivity contribution in [1.82, 2.24) is 15.0 Å². The van der Waals surface area contributed by atoms with Gasteiger partial charge in [-0.3, -0.25) is 15.0 Å². The molecule has 0 saturated carbocycles. The van der Waals surface area contributed by atoms with Crippen molar-refractivity contribution in [2.75, 3.05) is 13.2 Å². The second kappa shape index (κ2) is 10.1. The van der Waals surface area contributed by atoms with E-state index in [2.05, 4.69) is 4.98 Å². The topological polar surface area (TPSA) is 47.9 Å². The van der Waals surface area contributed by atoms with E-state index in [1.807, 2.05) is 51.1 Å². The van der Waals surface area contributed by atoms with Crippen LogP contribution in [0, 0.1) is 32.4 Å². The first-order chi connectivity index (χ1) is 15.9. The fraction of sp³-hybridized carbons (Fsp3) is 0.296. The average molecular weight is 448 g/mol. The number of benzene rings is 1. The number of aryl methyl sites for hydroxylation is 3. The Labute approximate surface area is 192 Å². The van der Waals surface area contributed by atoms with Crippen LogP contribution >= 0.6 is 0 Å².